The van der Waals surface area contributed by atoms with Gasteiger partial charge >= 0.3 is 28.2 Å². The molecular formula is C22H31ClN6Pt. The summed E-state index contributed by atoms with van der Waals surface area (Å²) >= 11 is 1.61. The van der Waals surface area contributed by atoms with E-state index in [1.165, 1.54) is 0 Å². The Labute approximate surface area is 194 Å². The van der Waals surface area contributed by atoms with Gasteiger partial charge in [-0.05, 0) is 31.5 Å². The number of nitrogens with zero attached hydrogens (tertiary/aromatic N) is 3. The van der Waals surface area contributed by atoms with Crippen LogP contribution in [-0.2, 0) is 18.8 Å². The minimum absolute atomic E-state index is 0.440. The van der Waals surface area contributed by atoms with E-state index >= 15 is 0 Å². The van der Waals surface area contributed by atoms with E-state index in [0.717, 1.165) is 47.0 Å². The molecule has 0 aliphatic carbocycles. The van der Waals surface area contributed by atoms with Crippen LogP contribution in [0.15, 0.2) is 48.5 Å². The predicted octanol–water partition coefficient (Wildman–Crippen LogP) is 4.09. The van der Waals surface area contributed by atoms with Crippen molar-refractivity contribution in [1.29, 1.82) is 0 Å². The monoisotopic (exact) mass is 609 g/mol. The van der Waals surface area contributed by atoms with Crippen LogP contribution in [0.3, 0.4) is 0 Å². The summed E-state index contributed by atoms with van der Waals surface area (Å²) in [5, 5.41) is 15.6. The van der Waals surface area contributed by atoms with Crippen molar-refractivity contribution in [2.45, 2.75) is 19.8 Å². The Morgan fingerprint density at radius 3 is 2.00 bits per heavy atom. The third-order valence-electron chi connectivity index (χ3n) is 4.48. The Morgan fingerprint density at radius 1 is 1.03 bits per heavy atom. The van der Waals surface area contributed by atoms with Crippen LogP contribution in [0.5, 0.6) is 0 Å². The number of aromatic nitrogens is 1. The molecule has 3 rings (SSSR count). The molecule has 0 saturated carbocycles. The van der Waals surface area contributed by atoms with Crippen molar-refractivity contribution >= 4 is 42.7 Å². The summed E-state index contributed by atoms with van der Waals surface area (Å²) in [5.74, 6) is 0.440. The first-order chi connectivity index (χ1) is 14.6. The van der Waals surface area contributed by atoms with Crippen molar-refractivity contribution in [2.24, 2.45) is 11.5 Å². The van der Waals surface area contributed by atoms with E-state index in [2.05, 4.69) is 39.0 Å². The number of para-hydroxylation sites is 2. The molecule has 1 aromatic heterocycles. The van der Waals surface area contributed by atoms with Crippen molar-refractivity contribution in [1.82, 2.24) is 9.88 Å². The molecule has 0 aliphatic heterocycles. The third-order valence-corrected chi connectivity index (χ3v) is 4.48. The second-order valence-electron chi connectivity index (χ2n) is 6.57. The molecule has 0 saturated heterocycles. The molecule has 6 nitrogen and oxygen atoms in total. The molecule has 3 aromatic rings. The van der Waals surface area contributed by atoms with Gasteiger partial charge in [0.25, 0.3) is 0 Å². The number of anilines is 1. The van der Waals surface area contributed by atoms with E-state index in [-0.39, 0.29) is 0 Å². The number of halogens is 1. The Kier molecular flexibility index (Phi) is 13.3. The maximum atomic E-state index is 9.74. The van der Waals surface area contributed by atoms with E-state index in [0.29, 0.717) is 25.3 Å². The van der Waals surface area contributed by atoms with Crippen LogP contribution >= 0.6 is 9.42 Å². The summed E-state index contributed by atoms with van der Waals surface area (Å²) in [6.07, 6.45) is 1.62. The van der Waals surface area contributed by atoms with Gasteiger partial charge in [-0.3, -0.25) is 0 Å². The van der Waals surface area contributed by atoms with Gasteiger partial charge in [-0.1, -0.05) is 56.2 Å². The molecule has 8 heteroatoms. The number of benzene rings is 2. The zero-order valence-electron chi connectivity index (χ0n) is 17.6. The topological polar surface area (TPSA) is 102 Å². The molecule has 30 heavy (non-hydrogen) atoms. The molecular weight excluding hydrogens is 579 g/mol. The van der Waals surface area contributed by atoms with Gasteiger partial charge in [-0.2, -0.15) is 0 Å². The quantitative estimate of drug-likeness (QED) is 0.162. The number of fused-ring (bicyclic) bond motifs is 2. The average Bonchev–Trinajstić information content (AvgIpc) is 2.81. The molecule has 0 amide bonds. The van der Waals surface area contributed by atoms with Crippen LogP contribution in [0, 0.1) is 0 Å². The van der Waals surface area contributed by atoms with Crippen molar-refractivity contribution in [3.05, 3.63) is 53.9 Å². The second kappa shape index (κ2) is 15.1. The number of amidine groups is 1. The first kappa shape index (κ1) is 26.3. The number of hydrogen-bond donors (Lipinski definition) is 3. The normalized spacial score (nSPS) is 9.97. The Balaban J connectivity index is 0.000000673. The summed E-state index contributed by atoms with van der Waals surface area (Å²) in [6.45, 7) is 4.83. The van der Waals surface area contributed by atoms with Crippen molar-refractivity contribution in [3.63, 3.8) is 0 Å². The molecule has 5 N–H and O–H groups in total. The summed E-state index contributed by atoms with van der Waals surface area (Å²) in [6, 6.07) is 16.5. The first-order valence-corrected chi connectivity index (χ1v) is 12.7. The molecule has 0 fully saturated rings. The number of nitrogens with two attached hydrogens (primary N) is 2. The molecule has 0 unspecified atom stereocenters. The minimum atomic E-state index is 0.440. The number of pyridine rings is 1. The van der Waals surface area contributed by atoms with Gasteiger partial charge in [-0.15, -0.1) is 0 Å². The predicted molar refractivity (Wildman–Crippen MR) is 128 cm³/mol. The van der Waals surface area contributed by atoms with Crippen LogP contribution < -0.4 is 16.8 Å². The van der Waals surface area contributed by atoms with Crippen LogP contribution in [0.1, 0.15) is 19.8 Å². The van der Waals surface area contributed by atoms with Crippen molar-refractivity contribution < 1.29 is 18.8 Å². The fraction of sp³-hybridized carbons (Fsp3) is 0.364. The molecule has 0 aliphatic rings. The summed E-state index contributed by atoms with van der Waals surface area (Å²) in [7, 11) is 6.54. The van der Waals surface area contributed by atoms with Crippen LogP contribution in [0.2, 0.25) is 0 Å². The Morgan fingerprint density at radius 2 is 1.53 bits per heavy atom. The van der Waals surface area contributed by atoms with Gasteiger partial charge in [0.05, 0.1) is 16.7 Å². The molecule has 1 heterocycles. The molecule has 0 radical (unpaired) electrons. The summed E-state index contributed by atoms with van der Waals surface area (Å²) in [5.41, 5.74) is 13.0. The van der Waals surface area contributed by atoms with Gasteiger partial charge in [0.15, 0.2) is 0 Å². The zero-order chi connectivity index (χ0) is 22.4. The van der Waals surface area contributed by atoms with Crippen LogP contribution in [0.25, 0.3) is 27.2 Å². The van der Waals surface area contributed by atoms with Crippen molar-refractivity contribution in [3.8, 4) is 0 Å². The van der Waals surface area contributed by atoms with Crippen molar-refractivity contribution in [2.75, 3.05) is 38.5 Å². The molecule has 0 atom stereocenters. The van der Waals surface area contributed by atoms with Gasteiger partial charge in [0.1, 0.15) is 0 Å². The maximum absolute atomic E-state index is 9.74. The Hall–Kier alpha value is -1.72. The standard InChI is InChI=1S/C20H23N4.C2H8N2.ClH.Pt/c1-3-19(21)24(2)14-8-13-22-20-15-9-4-6-11-17(15)23-18-12-7-5-10-16(18)20;3-1-2-4;;/h4-7,9-12H,3,8,13-14H2,1-2H3,(H,22,23);1-4H2;1H;/q-1;;;+2/p-1. The van der Waals surface area contributed by atoms with E-state index in [1.54, 1.807) is 18.8 Å². The van der Waals surface area contributed by atoms with E-state index in [9.17, 15) is 5.41 Å². The molecule has 0 bridgehead atoms. The molecule has 166 valence electrons. The van der Waals surface area contributed by atoms with Gasteiger partial charge in [0.2, 0.25) is 0 Å². The van der Waals surface area contributed by atoms with Gasteiger partial charge < -0.3 is 27.1 Å². The summed E-state index contributed by atoms with van der Waals surface area (Å²) < 4.78 is 0. The van der Waals surface area contributed by atoms with Crippen LogP contribution in [-0.4, -0.2) is 48.9 Å². The second-order valence-corrected chi connectivity index (χ2v) is 6.57. The average molecular weight is 610 g/mol. The van der Waals surface area contributed by atoms with E-state index < -0.39 is 0 Å². The number of hydrogen-bond acceptors (Lipinski definition) is 4. The first-order valence-electron chi connectivity index (χ1n) is 9.91. The van der Waals surface area contributed by atoms with E-state index in [1.807, 2.05) is 43.1 Å². The number of rotatable bonds is 7. The van der Waals surface area contributed by atoms with Gasteiger partial charge in [-0.25, -0.2) is 4.98 Å². The fourth-order valence-electron chi connectivity index (χ4n) is 2.96. The fourth-order valence-corrected chi connectivity index (χ4v) is 2.96. The zero-order valence-corrected chi connectivity index (χ0v) is 20.6. The van der Waals surface area contributed by atoms with Gasteiger partial charge in [0, 0.05) is 30.4 Å². The molecule has 2 aromatic carbocycles. The SMILES string of the molecule is CCC(=[N-])N(C)CCCNc1c2ccccc2nc2ccccc12.NCCN.[Cl][Pt+]. The third kappa shape index (κ3) is 7.84. The van der Waals surface area contributed by atoms with E-state index in [4.69, 9.17) is 16.5 Å². The van der Waals surface area contributed by atoms with Crippen LogP contribution in [0.4, 0.5) is 5.69 Å². The number of nitrogens with one attached hydrogen (secondary N) is 1. The summed E-state index contributed by atoms with van der Waals surface area (Å²) in [4.78, 5) is 6.65. The molecule has 0 spiro atoms. The Bertz CT molecular complexity index is 849.